The Morgan fingerprint density at radius 3 is 2.36 bits per heavy atom. The first-order chi connectivity index (χ1) is 10.6. The molecule has 1 amide bonds. The molecular formula is C18H21NO2S. The Morgan fingerprint density at radius 1 is 1.05 bits per heavy atom. The summed E-state index contributed by atoms with van der Waals surface area (Å²) in [5.41, 5.74) is 0.982. The summed E-state index contributed by atoms with van der Waals surface area (Å²) in [7, 11) is 1.64. The third-order valence-electron chi connectivity index (χ3n) is 3.39. The molecule has 4 heteroatoms. The van der Waals surface area contributed by atoms with Crippen molar-refractivity contribution in [3.8, 4) is 5.75 Å². The largest absolute Gasteiger partial charge is 0.496 e. The van der Waals surface area contributed by atoms with Gasteiger partial charge in [-0.15, -0.1) is 11.8 Å². The van der Waals surface area contributed by atoms with Gasteiger partial charge >= 0.3 is 0 Å². The molecule has 2 atom stereocenters. The summed E-state index contributed by atoms with van der Waals surface area (Å²) in [4.78, 5) is 13.5. The summed E-state index contributed by atoms with van der Waals surface area (Å²) in [6.07, 6.45) is 0. The molecule has 0 heterocycles. The SMILES string of the molecule is COc1ccccc1[C@@H](C)NC(=O)[C@H](C)Sc1ccccc1. The third kappa shape index (κ3) is 4.28. The Morgan fingerprint density at radius 2 is 1.68 bits per heavy atom. The summed E-state index contributed by atoms with van der Waals surface area (Å²) in [5, 5.41) is 2.90. The van der Waals surface area contributed by atoms with Crippen LogP contribution in [0.3, 0.4) is 0 Å². The van der Waals surface area contributed by atoms with Gasteiger partial charge in [-0.2, -0.15) is 0 Å². The molecule has 1 N–H and O–H groups in total. The van der Waals surface area contributed by atoms with E-state index in [2.05, 4.69) is 5.32 Å². The predicted octanol–water partition coefficient (Wildman–Crippen LogP) is 4.05. The maximum absolute atomic E-state index is 12.4. The number of methoxy groups -OCH3 is 1. The number of para-hydroxylation sites is 1. The Bertz CT molecular complexity index is 615. The van der Waals surface area contributed by atoms with Crippen LogP contribution in [-0.4, -0.2) is 18.3 Å². The maximum Gasteiger partial charge on any atom is 0.233 e. The number of thioether (sulfide) groups is 1. The van der Waals surface area contributed by atoms with E-state index in [0.717, 1.165) is 16.2 Å². The lowest BCUT2D eigenvalue weighted by atomic mass is 10.1. The van der Waals surface area contributed by atoms with Crippen LogP contribution in [0.5, 0.6) is 5.75 Å². The van der Waals surface area contributed by atoms with Crippen LogP contribution in [0.4, 0.5) is 0 Å². The topological polar surface area (TPSA) is 38.3 Å². The smallest absolute Gasteiger partial charge is 0.233 e. The lowest BCUT2D eigenvalue weighted by Gasteiger charge is -2.19. The standard InChI is InChI=1S/C18H21NO2S/c1-13(16-11-7-8-12-17(16)21-3)19-18(20)14(2)22-15-9-5-4-6-10-15/h4-14H,1-3H3,(H,19,20)/t13-,14+/m1/s1. The summed E-state index contributed by atoms with van der Waals surface area (Å²) in [5.74, 6) is 0.811. The van der Waals surface area contributed by atoms with Crippen molar-refractivity contribution in [2.45, 2.75) is 30.0 Å². The number of carbonyl (C=O) groups excluding carboxylic acids is 1. The molecular weight excluding hydrogens is 294 g/mol. The average molecular weight is 315 g/mol. The molecule has 0 aliphatic rings. The van der Waals surface area contributed by atoms with E-state index in [9.17, 15) is 4.79 Å². The van der Waals surface area contributed by atoms with Crippen molar-refractivity contribution in [2.75, 3.05) is 7.11 Å². The Balaban J connectivity index is 1.98. The quantitative estimate of drug-likeness (QED) is 0.817. The highest BCUT2D eigenvalue weighted by molar-refractivity contribution is 8.00. The van der Waals surface area contributed by atoms with Gasteiger partial charge in [0, 0.05) is 10.5 Å². The molecule has 3 nitrogen and oxygen atoms in total. The van der Waals surface area contributed by atoms with Crippen molar-refractivity contribution in [1.29, 1.82) is 0 Å². The molecule has 0 bridgehead atoms. The second-order valence-electron chi connectivity index (χ2n) is 5.05. The van der Waals surface area contributed by atoms with Crippen molar-refractivity contribution < 1.29 is 9.53 Å². The Labute approximate surface area is 136 Å². The molecule has 0 unspecified atom stereocenters. The molecule has 0 spiro atoms. The van der Waals surface area contributed by atoms with Crippen molar-refractivity contribution >= 4 is 17.7 Å². The molecule has 0 aliphatic heterocycles. The van der Waals surface area contributed by atoms with Gasteiger partial charge in [-0.05, 0) is 32.0 Å². The molecule has 2 aromatic rings. The van der Waals surface area contributed by atoms with Crippen LogP contribution in [0.25, 0.3) is 0 Å². The fraction of sp³-hybridized carbons (Fsp3) is 0.278. The zero-order valence-corrected chi connectivity index (χ0v) is 13.9. The zero-order valence-electron chi connectivity index (χ0n) is 13.1. The second-order valence-corrected chi connectivity index (χ2v) is 6.46. The molecule has 116 valence electrons. The van der Waals surface area contributed by atoms with Crippen LogP contribution in [-0.2, 0) is 4.79 Å². The second kappa shape index (κ2) is 7.90. The fourth-order valence-corrected chi connectivity index (χ4v) is 3.09. The van der Waals surface area contributed by atoms with E-state index in [4.69, 9.17) is 4.74 Å². The zero-order chi connectivity index (χ0) is 15.9. The number of hydrogen-bond acceptors (Lipinski definition) is 3. The molecule has 0 aromatic heterocycles. The Hall–Kier alpha value is -1.94. The first-order valence-electron chi connectivity index (χ1n) is 7.27. The van der Waals surface area contributed by atoms with Crippen molar-refractivity contribution in [3.05, 3.63) is 60.2 Å². The van der Waals surface area contributed by atoms with Gasteiger partial charge in [0.2, 0.25) is 5.91 Å². The van der Waals surface area contributed by atoms with E-state index >= 15 is 0 Å². The molecule has 22 heavy (non-hydrogen) atoms. The number of hydrogen-bond donors (Lipinski definition) is 1. The molecule has 0 aliphatic carbocycles. The first kappa shape index (κ1) is 16.4. The number of carbonyl (C=O) groups is 1. The van der Waals surface area contributed by atoms with Crippen molar-refractivity contribution in [1.82, 2.24) is 5.32 Å². The van der Waals surface area contributed by atoms with Crippen LogP contribution < -0.4 is 10.1 Å². The van der Waals surface area contributed by atoms with Gasteiger partial charge < -0.3 is 10.1 Å². The molecule has 0 fully saturated rings. The van der Waals surface area contributed by atoms with Gasteiger partial charge in [0.05, 0.1) is 18.4 Å². The van der Waals surface area contributed by atoms with Crippen LogP contribution >= 0.6 is 11.8 Å². The maximum atomic E-state index is 12.4. The molecule has 2 aromatic carbocycles. The summed E-state index contributed by atoms with van der Waals surface area (Å²) in [6, 6.07) is 17.6. The average Bonchev–Trinajstić information content (AvgIpc) is 2.55. The Kier molecular flexibility index (Phi) is 5.90. The van der Waals surface area contributed by atoms with Crippen LogP contribution in [0, 0.1) is 0 Å². The van der Waals surface area contributed by atoms with E-state index in [1.54, 1.807) is 18.9 Å². The fourth-order valence-electron chi connectivity index (χ4n) is 2.19. The molecule has 0 saturated heterocycles. The van der Waals surface area contributed by atoms with E-state index in [-0.39, 0.29) is 17.2 Å². The van der Waals surface area contributed by atoms with Crippen molar-refractivity contribution in [2.24, 2.45) is 0 Å². The highest BCUT2D eigenvalue weighted by Crippen LogP contribution is 2.26. The summed E-state index contributed by atoms with van der Waals surface area (Å²) in [6.45, 7) is 3.89. The molecule has 2 rings (SSSR count). The van der Waals surface area contributed by atoms with E-state index in [0.29, 0.717) is 0 Å². The lowest BCUT2D eigenvalue weighted by Crippen LogP contribution is -2.33. The van der Waals surface area contributed by atoms with Gasteiger partial charge in [-0.25, -0.2) is 0 Å². The van der Waals surface area contributed by atoms with E-state index in [1.165, 1.54) is 0 Å². The minimum absolute atomic E-state index is 0.0206. The van der Waals surface area contributed by atoms with E-state index in [1.807, 2.05) is 68.4 Å². The first-order valence-corrected chi connectivity index (χ1v) is 8.14. The van der Waals surface area contributed by atoms with E-state index < -0.39 is 0 Å². The lowest BCUT2D eigenvalue weighted by molar-refractivity contribution is -0.120. The van der Waals surface area contributed by atoms with Crippen LogP contribution in [0.1, 0.15) is 25.5 Å². The van der Waals surface area contributed by atoms with Gasteiger partial charge in [0.25, 0.3) is 0 Å². The number of amides is 1. The normalized spacial score (nSPS) is 13.2. The summed E-state index contributed by atoms with van der Waals surface area (Å²) < 4.78 is 5.35. The molecule has 0 saturated carbocycles. The van der Waals surface area contributed by atoms with Gasteiger partial charge in [-0.3, -0.25) is 4.79 Å². The van der Waals surface area contributed by atoms with Crippen LogP contribution in [0.2, 0.25) is 0 Å². The van der Waals surface area contributed by atoms with Crippen LogP contribution in [0.15, 0.2) is 59.5 Å². The summed E-state index contributed by atoms with van der Waals surface area (Å²) >= 11 is 1.56. The highest BCUT2D eigenvalue weighted by Gasteiger charge is 2.18. The van der Waals surface area contributed by atoms with Crippen molar-refractivity contribution in [3.63, 3.8) is 0 Å². The van der Waals surface area contributed by atoms with Gasteiger partial charge in [-0.1, -0.05) is 36.4 Å². The molecule has 0 radical (unpaired) electrons. The predicted molar refractivity (Wildman–Crippen MR) is 91.3 cm³/mol. The van der Waals surface area contributed by atoms with Gasteiger partial charge in [0.1, 0.15) is 5.75 Å². The number of benzene rings is 2. The van der Waals surface area contributed by atoms with Gasteiger partial charge in [0.15, 0.2) is 0 Å². The third-order valence-corrected chi connectivity index (χ3v) is 4.50. The number of nitrogens with one attached hydrogen (secondary N) is 1. The number of ether oxygens (including phenoxy) is 1. The minimum atomic E-state index is -0.153. The monoisotopic (exact) mass is 315 g/mol. The number of rotatable bonds is 6. The highest BCUT2D eigenvalue weighted by atomic mass is 32.2. The minimum Gasteiger partial charge on any atom is -0.496 e.